The van der Waals surface area contributed by atoms with Gasteiger partial charge in [0.15, 0.2) is 12.3 Å². The van der Waals surface area contributed by atoms with Crippen LogP contribution in [0.15, 0.2) is 0 Å². The zero-order valence-corrected chi connectivity index (χ0v) is 28.3. The van der Waals surface area contributed by atoms with Gasteiger partial charge in [-0.05, 0) is 12.8 Å². The Hall–Kier alpha value is -1.03. The van der Waals surface area contributed by atoms with Gasteiger partial charge in [-0.15, -0.1) is 0 Å². The summed E-state index contributed by atoms with van der Waals surface area (Å²) in [5, 5.41) is 0. The highest BCUT2D eigenvalue weighted by atomic mass is 31.2. The second-order valence-corrected chi connectivity index (χ2v) is 13.0. The van der Waals surface area contributed by atoms with E-state index in [1.54, 1.807) is 0 Å². The van der Waals surface area contributed by atoms with Gasteiger partial charge in [0.1, 0.15) is 6.61 Å². The van der Waals surface area contributed by atoms with Crippen LogP contribution in [-0.4, -0.2) is 48.9 Å². The molecule has 0 heterocycles. The average molecular weight is 637 g/mol. The van der Waals surface area contributed by atoms with E-state index in [1.807, 2.05) is 0 Å². The van der Waals surface area contributed by atoms with Crippen molar-refractivity contribution in [1.29, 1.82) is 0 Å². The first-order chi connectivity index (χ1) is 20.8. The van der Waals surface area contributed by atoms with Crippen LogP contribution in [0.1, 0.15) is 162 Å². The van der Waals surface area contributed by atoms with Gasteiger partial charge in [-0.1, -0.05) is 136 Å². The zero-order valence-electron chi connectivity index (χ0n) is 27.4. The monoisotopic (exact) mass is 636 g/mol. The van der Waals surface area contributed by atoms with E-state index in [2.05, 4.69) is 13.8 Å². The molecule has 0 amide bonds. The third kappa shape index (κ3) is 28.2. The Bertz CT molecular complexity index is 713. The van der Waals surface area contributed by atoms with Gasteiger partial charge < -0.3 is 25.8 Å². The van der Waals surface area contributed by atoms with E-state index >= 15 is 0 Å². The first kappa shape index (κ1) is 42.0. The molecule has 0 aromatic heterocycles. The molecule has 11 heteroatoms. The summed E-state index contributed by atoms with van der Waals surface area (Å²) in [6, 6.07) is 0. The molecule has 3 atom stereocenters. The van der Waals surface area contributed by atoms with E-state index in [9.17, 15) is 19.0 Å². The van der Waals surface area contributed by atoms with E-state index in [-0.39, 0.29) is 32.6 Å². The molecule has 0 aliphatic carbocycles. The summed E-state index contributed by atoms with van der Waals surface area (Å²) in [6.45, 7) is 3.86. The number of hydrogen-bond donors (Lipinski definition) is 3. The lowest BCUT2D eigenvalue weighted by molar-refractivity contribution is -0.165. The van der Waals surface area contributed by atoms with Gasteiger partial charge >= 0.3 is 19.8 Å². The van der Waals surface area contributed by atoms with Crippen LogP contribution in [0.25, 0.3) is 0 Å². The lowest BCUT2D eigenvalue weighted by Gasteiger charge is -2.25. The average Bonchev–Trinajstić information content (AvgIpc) is 2.97. The first-order valence-electron chi connectivity index (χ1n) is 17.2. The van der Waals surface area contributed by atoms with Crippen molar-refractivity contribution in [2.75, 3.05) is 19.8 Å². The number of carbonyl (C=O) groups excluding carboxylic acids is 2. The minimum absolute atomic E-state index is 0.0110. The second kappa shape index (κ2) is 29.7. The summed E-state index contributed by atoms with van der Waals surface area (Å²) in [4.78, 5) is 34.7. The number of ether oxygens (including phenoxy) is 2. The number of phosphoric acid groups is 1. The Balaban J connectivity index is 4.43. The highest BCUT2D eigenvalue weighted by molar-refractivity contribution is 7.47. The highest BCUT2D eigenvalue weighted by Crippen LogP contribution is 2.44. The van der Waals surface area contributed by atoms with Crippen LogP contribution < -0.4 is 11.5 Å². The second-order valence-electron chi connectivity index (χ2n) is 11.6. The van der Waals surface area contributed by atoms with Crippen molar-refractivity contribution in [1.82, 2.24) is 0 Å². The Morgan fingerprint density at radius 1 is 0.674 bits per heavy atom. The minimum Gasteiger partial charge on any atom is -0.462 e. The van der Waals surface area contributed by atoms with Crippen LogP contribution in [0.5, 0.6) is 0 Å². The fraction of sp³-hybridized carbons (Fsp3) is 0.938. The fourth-order valence-corrected chi connectivity index (χ4v) is 5.62. The summed E-state index contributed by atoms with van der Waals surface area (Å²) >= 11 is 0. The van der Waals surface area contributed by atoms with Crippen molar-refractivity contribution in [2.45, 2.75) is 174 Å². The first-order valence-corrected chi connectivity index (χ1v) is 18.7. The summed E-state index contributed by atoms with van der Waals surface area (Å²) < 4.78 is 32.6. The molecule has 0 aliphatic rings. The van der Waals surface area contributed by atoms with E-state index in [0.29, 0.717) is 12.8 Å². The van der Waals surface area contributed by atoms with Gasteiger partial charge in [0.05, 0.1) is 6.61 Å². The van der Waals surface area contributed by atoms with Gasteiger partial charge in [0.25, 0.3) is 0 Å². The predicted molar refractivity (Wildman–Crippen MR) is 172 cm³/mol. The van der Waals surface area contributed by atoms with E-state index in [0.717, 1.165) is 38.5 Å². The SMILES string of the molecule is CCCCCCCCCCCCCC(=O)O[C@H](COC(=O)CCCCCCCCCCCC)C(N)OP(=O)(O)OCCN. The maximum atomic E-state index is 12.5. The van der Waals surface area contributed by atoms with Crippen molar-refractivity contribution < 1.29 is 37.6 Å². The largest absolute Gasteiger partial charge is 0.473 e. The number of nitrogens with two attached hydrogens (primary N) is 2. The lowest BCUT2D eigenvalue weighted by Crippen LogP contribution is -2.43. The molecular weight excluding hydrogens is 571 g/mol. The topological polar surface area (TPSA) is 160 Å². The van der Waals surface area contributed by atoms with Crippen LogP contribution in [0.3, 0.4) is 0 Å². The van der Waals surface area contributed by atoms with Crippen molar-refractivity contribution in [3.05, 3.63) is 0 Å². The van der Waals surface area contributed by atoms with Crippen LogP contribution in [0, 0.1) is 0 Å². The molecule has 0 radical (unpaired) electrons. The highest BCUT2D eigenvalue weighted by Gasteiger charge is 2.32. The van der Waals surface area contributed by atoms with E-state index in [4.69, 9.17) is 30.0 Å². The van der Waals surface area contributed by atoms with Crippen LogP contribution in [0.4, 0.5) is 0 Å². The van der Waals surface area contributed by atoms with Crippen LogP contribution in [0.2, 0.25) is 0 Å². The molecule has 0 rings (SSSR count). The third-order valence-corrected chi connectivity index (χ3v) is 8.42. The molecule has 256 valence electrons. The van der Waals surface area contributed by atoms with Crippen LogP contribution in [-0.2, 0) is 32.7 Å². The molecule has 10 nitrogen and oxygen atoms in total. The smallest absolute Gasteiger partial charge is 0.462 e. The molecule has 0 spiro atoms. The van der Waals surface area contributed by atoms with Crippen molar-refractivity contribution in [3.8, 4) is 0 Å². The Labute approximate surface area is 262 Å². The Morgan fingerprint density at radius 2 is 1.07 bits per heavy atom. The molecule has 5 N–H and O–H groups in total. The molecule has 0 aromatic carbocycles. The summed E-state index contributed by atoms with van der Waals surface area (Å²) in [6.07, 6.45) is 21.9. The van der Waals surface area contributed by atoms with Gasteiger partial charge in [0.2, 0.25) is 0 Å². The summed E-state index contributed by atoms with van der Waals surface area (Å²) in [7, 11) is -4.53. The van der Waals surface area contributed by atoms with Crippen molar-refractivity contribution in [2.24, 2.45) is 11.5 Å². The van der Waals surface area contributed by atoms with Crippen molar-refractivity contribution in [3.63, 3.8) is 0 Å². The third-order valence-electron chi connectivity index (χ3n) is 7.40. The molecule has 0 aliphatic heterocycles. The molecule has 0 saturated carbocycles. The minimum atomic E-state index is -4.53. The van der Waals surface area contributed by atoms with Crippen molar-refractivity contribution >= 4 is 19.8 Å². The van der Waals surface area contributed by atoms with Crippen LogP contribution >= 0.6 is 7.82 Å². The fourth-order valence-electron chi connectivity index (χ4n) is 4.78. The number of phosphoric ester groups is 1. The number of rotatable bonds is 32. The van der Waals surface area contributed by atoms with Gasteiger partial charge in [-0.3, -0.25) is 18.6 Å². The molecule has 2 unspecified atom stereocenters. The number of esters is 2. The normalized spacial score (nSPS) is 14.3. The standard InChI is InChI=1S/C32H65N2O8P/c1-3-5-7-9-11-13-15-17-19-21-23-25-31(36)41-29(32(34)42-43(37,38)40-27-26-33)28-39-30(35)24-22-20-18-16-14-12-10-8-6-4-2/h29,32H,3-28,33-34H2,1-2H3,(H,37,38)/t29-,32?/m1/s1. The molecule has 0 saturated heterocycles. The molecule has 0 aromatic rings. The van der Waals surface area contributed by atoms with E-state index in [1.165, 1.54) is 83.5 Å². The molecule has 43 heavy (non-hydrogen) atoms. The zero-order chi connectivity index (χ0) is 32.0. The molecular formula is C32H65N2O8P. The predicted octanol–water partition coefficient (Wildman–Crippen LogP) is 7.83. The maximum absolute atomic E-state index is 12.5. The summed E-state index contributed by atoms with van der Waals surface area (Å²) in [5.41, 5.74) is 11.3. The molecule has 0 fully saturated rings. The number of hydrogen-bond acceptors (Lipinski definition) is 9. The van der Waals surface area contributed by atoms with Gasteiger partial charge in [-0.25, -0.2) is 4.57 Å². The number of carbonyl (C=O) groups is 2. The Morgan fingerprint density at radius 3 is 1.49 bits per heavy atom. The quantitative estimate of drug-likeness (QED) is 0.0287. The molecule has 0 bridgehead atoms. The summed E-state index contributed by atoms with van der Waals surface area (Å²) in [5.74, 6) is -0.967. The van der Waals surface area contributed by atoms with E-state index < -0.39 is 32.1 Å². The maximum Gasteiger partial charge on any atom is 0.473 e. The van der Waals surface area contributed by atoms with Gasteiger partial charge in [0, 0.05) is 19.4 Å². The number of unbranched alkanes of at least 4 members (excludes halogenated alkanes) is 19. The lowest BCUT2D eigenvalue weighted by atomic mass is 10.1. The van der Waals surface area contributed by atoms with Gasteiger partial charge in [-0.2, -0.15) is 0 Å². The Kier molecular flexibility index (Phi) is 29.0.